The quantitative estimate of drug-likeness (QED) is 0.478. The summed E-state index contributed by atoms with van der Waals surface area (Å²) < 4.78 is 5.72. The van der Waals surface area contributed by atoms with Gasteiger partial charge >= 0.3 is 12.1 Å². The van der Waals surface area contributed by atoms with E-state index >= 15 is 0 Å². The van der Waals surface area contributed by atoms with E-state index in [1.54, 1.807) is 6.92 Å². The van der Waals surface area contributed by atoms with Crippen LogP contribution in [0.5, 0.6) is 0 Å². The van der Waals surface area contributed by atoms with Crippen LogP contribution in [0.4, 0.5) is 4.79 Å². The molecule has 0 aliphatic heterocycles. The minimum Gasteiger partial charge on any atom is -0.481 e. The summed E-state index contributed by atoms with van der Waals surface area (Å²) >= 11 is 0. The van der Waals surface area contributed by atoms with Gasteiger partial charge in [-0.15, -0.1) is 0 Å². The van der Waals surface area contributed by atoms with Gasteiger partial charge < -0.3 is 20.5 Å². The number of carboxylic acid groups (broad SMARTS) is 1. The summed E-state index contributed by atoms with van der Waals surface area (Å²) in [6.07, 6.45) is 4.66. The van der Waals surface area contributed by atoms with Gasteiger partial charge in [0.15, 0.2) is 0 Å². The summed E-state index contributed by atoms with van der Waals surface area (Å²) in [4.78, 5) is 36.4. The highest BCUT2D eigenvalue weighted by Crippen LogP contribution is 2.44. The Bertz CT molecular complexity index is 1020. The second-order valence-corrected chi connectivity index (χ2v) is 9.75. The van der Waals surface area contributed by atoms with Crippen molar-refractivity contribution in [3.8, 4) is 11.1 Å². The van der Waals surface area contributed by atoms with Crippen LogP contribution in [0.2, 0.25) is 0 Å². The van der Waals surface area contributed by atoms with Crippen molar-refractivity contribution >= 4 is 18.0 Å². The van der Waals surface area contributed by atoms with Crippen LogP contribution in [-0.2, 0) is 14.3 Å². The van der Waals surface area contributed by atoms with E-state index in [9.17, 15) is 14.4 Å². The molecule has 2 aliphatic carbocycles. The number of nitrogens with one attached hydrogen (secondary N) is 2. The maximum absolute atomic E-state index is 12.9. The van der Waals surface area contributed by atoms with Crippen molar-refractivity contribution in [2.45, 2.75) is 69.9 Å². The second-order valence-electron chi connectivity index (χ2n) is 9.75. The molecule has 2 atom stereocenters. The first-order valence-corrected chi connectivity index (χ1v) is 12.5. The summed E-state index contributed by atoms with van der Waals surface area (Å²) in [6.45, 7) is 1.89. The number of amides is 2. The van der Waals surface area contributed by atoms with Crippen molar-refractivity contribution < 1.29 is 24.2 Å². The molecule has 2 aromatic rings. The predicted octanol–water partition coefficient (Wildman–Crippen LogP) is 4.84. The van der Waals surface area contributed by atoms with E-state index in [1.165, 1.54) is 11.1 Å². The molecule has 1 fully saturated rings. The van der Waals surface area contributed by atoms with Crippen LogP contribution in [-0.4, -0.2) is 41.8 Å². The van der Waals surface area contributed by atoms with E-state index in [4.69, 9.17) is 9.84 Å². The Kier molecular flexibility index (Phi) is 8.06. The highest BCUT2D eigenvalue weighted by molar-refractivity contribution is 5.80. The highest BCUT2D eigenvalue weighted by atomic mass is 16.5. The van der Waals surface area contributed by atoms with Crippen LogP contribution in [0.3, 0.4) is 0 Å². The van der Waals surface area contributed by atoms with E-state index < -0.39 is 18.1 Å². The molecule has 0 heterocycles. The Morgan fingerprint density at radius 3 is 2.11 bits per heavy atom. The van der Waals surface area contributed by atoms with Crippen molar-refractivity contribution in [3.63, 3.8) is 0 Å². The summed E-state index contributed by atoms with van der Waals surface area (Å²) in [7, 11) is 0. The largest absolute Gasteiger partial charge is 0.481 e. The van der Waals surface area contributed by atoms with E-state index in [0.29, 0.717) is 0 Å². The van der Waals surface area contributed by atoms with Gasteiger partial charge in [0.05, 0.1) is 6.42 Å². The lowest BCUT2D eigenvalue weighted by molar-refractivity contribution is -0.137. The molecule has 0 radical (unpaired) electrons. The van der Waals surface area contributed by atoms with Crippen LogP contribution in [0, 0.1) is 5.92 Å². The molecule has 0 bridgehead atoms. The molecule has 35 heavy (non-hydrogen) atoms. The second kappa shape index (κ2) is 11.4. The van der Waals surface area contributed by atoms with Crippen LogP contribution in [0.1, 0.15) is 68.9 Å². The van der Waals surface area contributed by atoms with Crippen molar-refractivity contribution in [2.24, 2.45) is 5.92 Å². The molecule has 4 rings (SSSR count). The van der Waals surface area contributed by atoms with Gasteiger partial charge in [0.1, 0.15) is 6.61 Å². The SMILES string of the molecule is C[C@@H](CC(=O)O)NC(=O)CC(NC(=O)OCC1c2ccccc2-c2ccccc21)C1CCCCC1. The van der Waals surface area contributed by atoms with Crippen molar-refractivity contribution in [1.82, 2.24) is 10.6 Å². The fourth-order valence-corrected chi connectivity index (χ4v) is 5.51. The standard InChI is InChI=1S/C28H34N2O5/c1-18(15-27(32)33)29-26(31)16-25(19-9-3-2-4-10-19)30-28(34)35-17-24-22-13-7-5-11-20(22)21-12-6-8-14-23(21)24/h5-8,11-14,18-19,24-25H,2-4,9-10,15-17H2,1H3,(H,29,31)(H,30,34)(H,32,33)/t18-,25?/m0/s1. The third kappa shape index (κ3) is 6.21. The number of benzene rings is 2. The van der Waals surface area contributed by atoms with E-state index in [-0.39, 0.29) is 43.2 Å². The van der Waals surface area contributed by atoms with E-state index in [2.05, 4.69) is 34.9 Å². The normalized spacial score (nSPS) is 17.1. The van der Waals surface area contributed by atoms with E-state index in [1.807, 2.05) is 24.3 Å². The zero-order chi connectivity index (χ0) is 24.8. The van der Waals surface area contributed by atoms with Gasteiger partial charge in [-0.2, -0.15) is 0 Å². The Morgan fingerprint density at radius 2 is 1.51 bits per heavy atom. The number of ether oxygens (including phenoxy) is 1. The third-order valence-corrected chi connectivity index (χ3v) is 7.16. The lowest BCUT2D eigenvalue weighted by Gasteiger charge is -2.30. The fraction of sp³-hybridized carbons (Fsp3) is 0.464. The monoisotopic (exact) mass is 478 g/mol. The number of hydrogen-bond acceptors (Lipinski definition) is 4. The van der Waals surface area contributed by atoms with Gasteiger partial charge in [0.2, 0.25) is 5.91 Å². The summed E-state index contributed by atoms with van der Waals surface area (Å²) in [5.41, 5.74) is 4.64. The Labute approximate surface area is 206 Å². The van der Waals surface area contributed by atoms with Crippen molar-refractivity contribution in [3.05, 3.63) is 59.7 Å². The minimum atomic E-state index is -0.960. The number of hydrogen-bond donors (Lipinski definition) is 3. The molecule has 7 heteroatoms. The molecule has 2 aliphatic rings. The molecule has 186 valence electrons. The van der Waals surface area contributed by atoms with E-state index in [0.717, 1.165) is 43.2 Å². The molecule has 7 nitrogen and oxygen atoms in total. The molecular formula is C28H34N2O5. The van der Waals surface area contributed by atoms with Gasteiger partial charge in [-0.25, -0.2) is 4.79 Å². The molecule has 0 saturated heterocycles. The van der Waals surface area contributed by atoms with Crippen LogP contribution in [0.25, 0.3) is 11.1 Å². The molecule has 1 unspecified atom stereocenters. The van der Waals surface area contributed by atoms with Crippen LogP contribution < -0.4 is 10.6 Å². The first-order valence-electron chi connectivity index (χ1n) is 12.5. The topological polar surface area (TPSA) is 105 Å². The van der Waals surface area contributed by atoms with Gasteiger partial charge in [-0.05, 0) is 47.9 Å². The van der Waals surface area contributed by atoms with Gasteiger partial charge in [-0.1, -0.05) is 67.8 Å². The zero-order valence-corrected chi connectivity index (χ0v) is 20.2. The smallest absolute Gasteiger partial charge is 0.407 e. The summed E-state index contributed by atoms with van der Waals surface area (Å²) in [6, 6.07) is 15.6. The van der Waals surface area contributed by atoms with Crippen molar-refractivity contribution in [2.75, 3.05) is 6.61 Å². The lowest BCUT2D eigenvalue weighted by atomic mass is 9.82. The minimum absolute atomic E-state index is 0.0264. The van der Waals surface area contributed by atoms with Crippen molar-refractivity contribution in [1.29, 1.82) is 0 Å². The predicted molar refractivity (Wildman–Crippen MR) is 133 cm³/mol. The number of carboxylic acids is 1. The molecule has 3 N–H and O–H groups in total. The number of rotatable bonds is 9. The van der Waals surface area contributed by atoms with Crippen LogP contribution >= 0.6 is 0 Å². The number of carbonyl (C=O) groups excluding carboxylic acids is 2. The zero-order valence-electron chi connectivity index (χ0n) is 20.2. The average Bonchev–Trinajstić information content (AvgIpc) is 3.16. The first kappa shape index (κ1) is 24.8. The van der Waals surface area contributed by atoms with Gasteiger partial charge in [0, 0.05) is 24.4 Å². The van der Waals surface area contributed by atoms with Crippen LogP contribution in [0.15, 0.2) is 48.5 Å². The maximum atomic E-state index is 12.9. The number of carbonyl (C=O) groups is 3. The Morgan fingerprint density at radius 1 is 0.914 bits per heavy atom. The Balaban J connectivity index is 1.39. The fourth-order valence-electron chi connectivity index (χ4n) is 5.51. The molecule has 0 spiro atoms. The third-order valence-electron chi connectivity index (χ3n) is 7.16. The Hall–Kier alpha value is -3.35. The molecule has 1 saturated carbocycles. The first-order chi connectivity index (χ1) is 16.9. The molecule has 0 aromatic heterocycles. The van der Waals surface area contributed by atoms with Gasteiger partial charge in [-0.3, -0.25) is 9.59 Å². The molecule has 2 amide bonds. The number of alkyl carbamates (subject to hydrolysis) is 1. The molecule has 2 aromatic carbocycles. The van der Waals surface area contributed by atoms with Gasteiger partial charge in [0.25, 0.3) is 0 Å². The lowest BCUT2D eigenvalue weighted by Crippen LogP contribution is -2.46. The average molecular weight is 479 g/mol. The summed E-state index contributed by atoms with van der Waals surface area (Å²) in [5.74, 6) is -1.04. The highest BCUT2D eigenvalue weighted by Gasteiger charge is 2.31. The maximum Gasteiger partial charge on any atom is 0.407 e. The number of fused-ring (bicyclic) bond motifs is 3. The molecular weight excluding hydrogens is 444 g/mol. The number of aliphatic carboxylic acids is 1. The summed E-state index contributed by atoms with van der Waals surface area (Å²) in [5, 5.41) is 14.7.